The van der Waals surface area contributed by atoms with Gasteiger partial charge in [0.05, 0.1) is 26.9 Å². The van der Waals surface area contributed by atoms with Gasteiger partial charge in [0.25, 0.3) is 0 Å². The van der Waals surface area contributed by atoms with Crippen molar-refractivity contribution in [3.05, 3.63) is 108 Å². The van der Waals surface area contributed by atoms with E-state index in [0.29, 0.717) is 0 Å². The summed E-state index contributed by atoms with van der Waals surface area (Å²) in [5.41, 5.74) is 2.80. The van der Waals surface area contributed by atoms with Gasteiger partial charge >= 0.3 is 5.97 Å². The SMILES string of the molecule is COC(=O)[C@H]1O[C@@H](OCc2ccccc2)[C@H](OCc2ccccc2)[C@@H](OCc2ccccc2)[C@H]1O. The van der Waals surface area contributed by atoms with E-state index in [-0.39, 0.29) is 19.8 Å². The van der Waals surface area contributed by atoms with E-state index >= 15 is 0 Å². The van der Waals surface area contributed by atoms with E-state index in [1.165, 1.54) is 7.11 Å². The Morgan fingerprint density at radius 3 is 1.60 bits per heavy atom. The van der Waals surface area contributed by atoms with Crippen LogP contribution in [0.3, 0.4) is 0 Å². The minimum atomic E-state index is -1.32. The fraction of sp³-hybridized carbons (Fsp3) is 0.321. The summed E-state index contributed by atoms with van der Waals surface area (Å²) in [7, 11) is 1.25. The van der Waals surface area contributed by atoms with Crippen molar-refractivity contribution in [2.45, 2.75) is 50.5 Å². The molecule has 4 rings (SSSR count). The Kier molecular flexibility index (Phi) is 9.00. The Morgan fingerprint density at radius 1 is 0.714 bits per heavy atom. The second-order valence-corrected chi connectivity index (χ2v) is 8.26. The van der Waals surface area contributed by atoms with Gasteiger partial charge in [0, 0.05) is 0 Å². The lowest BCUT2D eigenvalue weighted by Crippen LogP contribution is -2.62. The van der Waals surface area contributed by atoms with Gasteiger partial charge in [-0.25, -0.2) is 4.79 Å². The number of esters is 1. The minimum absolute atomic E-state index is 0.215. The molecule has 1 aliphatic heterocycles. The largest absolute Gasteiger partial charge is 0.467 e. The molecule has 0 aliphatic carbocycles. The molecule has 1 saturated heterocycles. The highest BCUT2D eigenvalue weighted by Crippen LogP contribution is 2.29. The van der Waals surface area contributed by atoms with Crippen molar-refractivity contribution in [1.82, 2.24) is 0 Å². The quantitative estimate of drug-likeness (QED) is 0.446. The van der Waals surface area contributed by atoms with Crippen molar-refractivity contribution in [2.75, 3.05) is 7.11 Å². The minimum Gasteiger partial charge on any atom is -0.467 e. The molecule has 0 saturated carbocycles. The molecule has 7 nitrogen and oxygen atoms in total. The topological polar surface area (TPSA) is 83.5 Å². The zero-order chi connectivity index (χ0) is 24.5. The summed E-state index contributed by atoms with van der Waals surface area (Å²) in [6.07, 6.45) is -5.29. The van der Waals surface area contributed by atoms with E-state index in [0.717, 1.165) is 16.7 Å². The summed E-state index contributed by atoms with van der Waals surface area (Å²) >= 11 is 0. The standard InChI is InChI=1S/C28H30O7/c1-31-27(30)25-23(29)24(32-17-20-11-5-2-6-12-20)26(33-18-21-13-7-3-8-14-21)28(35-25)34-19-22-15-9-4-10-16-22/h2-16,23-26,28-29H,17-19H2,1H3/t23-,24+,25+,26-,28-/m1/s1. The molecule has 1 N–H and O–H groups in total. The van der Waals surface area contributed by atoms with Crippen LogP contribution in [0.4, 0.5) is 0 Å². The molecule has 3 aromatic rings. The maximum atomic E-state index is 12.4. The fourth-order valence-electron chi connectivity index (χ4n) is 3.92. The predicted octanol–water partition coefficient (Wildman–Crippen LogP) is 3.63. The number of hydrogen-bond donors (Lipinski definition) is 1. The van der Waals surface area contributed by atoms with E-state index in [1.807, 2.05) is 91.0 Å². The summed E-state index contributed by atoms with van der Waals surface area (Å²) in [4.78, 5) is 12.4. The molecule has 35 heavy (non-hydrogen) atoms. The number of rotatable bonds is 10. The number of aliphatic hydroxyl groups excluding tert-OH is 1. The van der Waals surface area contributed by atoms with Gasteiger partial charge in [-0.15, -0.1) is 0 Å². The molecule has 5 atom stereocenters. The first kappa shape index (κ1) is 25.0. The Bertz CT molecular complexity index is 1030. The number of benzene rings is 3. The molecule has 1 fully saturated rings. The van der Waals surface area contributed by atoms with Gasteiger partial charge in [0.2, 0.25) is 0 Å². The highest BCUT2D eigenvalue weighted by atomic mass is 16.7. The Hall–Kier alpha value is -3.07. The number of hydrogen-bond acceptors (Lipinski definition) is 7. The third-order valence-corrected chi connectivity index (χ3v) is 5.78. The monoisotopic (exact) mass is 478 g/mol. The van der Waals surface area contributed by atoms with Crippen LogP contribution < -0.4 is 0 Å². The van der Waals surface area contributed by atoms with Gasteiger partial charge in [-0.05, 0) is 16.7 Å². The first-order chi connectivity index (χ1) is 17.2. The van der Waals surface area contributed by atoms with Crippen molar-refractivity contribution >= 4 is 5.97 Å². The molecule has 1 heterocycles. The number of aliphatic hydroxyl groups is 1. The summed E-state index contributed by atoms with van der Waals surface area (Å²) in [5, 5.41) is 11.1. The lowest BCUT2D eigenvalue weighted by molar-refractivity contribution is -0.315. The molecule has 0 radical (unpaired) electrons. The van der Waals surface area contributed by atoms with Crippen LogP contribution in [0.5, 0.6) is 0 Å². The van der Waals surface area contributed by atoms with Crippen LogP contribution in [0.1, 0.15) is 16.7 Å². The molecule has 7 heteroatoms. The van der Waals surface area contributed by atoms with E-state index in [9.17, 15) is 9.90 Å². The lowest BCUT2D eigenvalue weighted by atomic mass is 9.98. The third-order valence-electron chi connectivity index (χ3n) is 5.78. The number of carbonyl (C=O) groups excluding carboxylic acids is 1. The van der Waals surface area contributed by atoms with Crippen LogP contribution in [0.25, 0.3) is 0 Å². The van der Waals surface area contributed by atoms with Gasteiger partial charge in [-0.2, -0.15) is 0 Å². The molecule has 3 aromatic carbocycles. The van der Waals surface area contributed by atoms with Crippen molar-refractivity contribution in [1.29, 1.82) is 0 Å². The van der Waals surface area contributed by atoms with E-state index in [2.05, 4.69) is 0 Å². The van der Waals surface area contributed by atoms with Gasteiger partial charge in [-0.3, -0.25) is 0 Å². The normalized spacial score (nSPS) is 24.1. The first-order valence-corrected chi connectivity index (χ1v) is 11.5. The maximum absolute atomic E-state index is 12.4. The molecule has 1 aliphatic rings. The van der Waals surface area contributed by atoms with E-state index < -0.39 is 36.7 Å². The zero-order valence-electron chi connectivity index (χ0n) is 19.6. The van der Waals surface area contributed by atoms with Crippen LogP contribution in [0, 0.1) is 0 Å². The summed E-state index contributed by atoms with van der Waals surface area (Å²) in [6.45, 7) is 0.694. The second-order valence-electron chi connectivity index (χ2n) is 8.26. The second kappa shape index (κ2) is 12.6. The smallest absolute Gasteiger partial charge is 0.337 e. The molecule has 0 unspecified atom stereocenters. The summed E-state index contributed by atoms with van der Waals surface area (Å²) in [5.74, 6) is -0.708. The van der Waals surface area contributed by atoms with Crippen LogP contribution in [-0.4, -0.2) is 48.9 Å². The molecular weight excluding hydrogens is 448 g/mol. The molecule has 184 valence electrons. The number of carbonyl (C=O) groups is 1. The van der Waals surface area contributed by atoms with Crippen LogP contribution >= 0.6 is 0 Å². The van der Waals surface area contributed by atoms with E-state index in [1.54, 1.807) is 0 Å². The number of methoxy groups -OCH3 is 1. The average Bonchev–Trinajstić information content (AvgIpc) is 2.92. The van der Waals surface area contributed by atoms with Crippen LogP contribution in [0.2, 0.25) is 0 Å². The van der Waals surface area contributed by atoms with Gasteiger partial charge in [-0.1, -0.05) is 91.0 Å². The molecule has 0 amide bonds. The van der Waals surface area contributed by atoms with Gasteiger partial charge < -0.3 is 28.8 Å². The van der Waals surface area contributed by atoms with Crippen LogP contribution in [-0.2, 0) is 48.3 Å². The van der Waals surface area contributed by atoms with Gasteiger partial charge in [0.15, 0.2) is 12.4 Å². The summed E-state index contributed by atoms with van der Waals surface area (Å²) < 4.78 is 29.2. The van der Waals surface area contributed by atoms with Gasteiger partial charge in [0.1, 0.15) is 18.3 Å². The molecule has 0 aromatic heterocycles. The average molecular weight is 479 g/mol. The van der Waals surface area contributed by atoms with E-state index in [4.69, 9.17) is 23.7 Å². The van der Waals surface area contributed by atoms with Crippen molar-refractivity contribution in [2.24, 2.45) is 0 Å². The molecular formula is C28H30O7. The lowest BCUT2D eigenvalue weighted by Gasteiger charge is -2.43. The van der Waals surface area contributed by atoms with Crippen LogP contribution in [0.15, 0.2) is 91.0 Å². The van der Waals surface area contributed by atoms with Crippen molar-refractivity contribution in [3.63, 3.8) is 0 Å². The first-order valence-electron chi connectivity index (χ1n) is 11.5. The third kappa shape index (κ3) is 6.75. The fourth-order valence-corrected chi connectivity index (χ4v) is 3.92. The maximum Gasteiger partial charge on any atom is 0.337 e. The molecule has 0 spiro atoms. The summed E-state index contributed by atoms with van der Waals surface area (Å²) in [6, 6.07) is 28.8. The highest BCUT2D eigenvalue weighted by Gasteiger charge is 2.50. The van der Waals surface area contributed by atoms with Crippen molar-refractivity contribution in [3.8, 4) is 0 Å². The molecule has 0 bridgehead atoms. The Morgan fingerprint density at radius 2 is 1.14 bits per heavy atom. The predicted molar refractivity (Wildman–Crippen MR) is 128 cm³/mol. The highest BCUT2D eigenvalue weighted by molar-refractivity contribution is 5.75. The van der Waals surface area contributed by atoms with Crippen molar-refractivity contribution < 1.29 is 33.6 Å². The Labute approximate surface area is 205 Å². The number of ether oxygens (including phenoxy) is 5. The zero-order valence-corrected chi connectivity index (χ0v) is 19.6. The Balaban J connectivity index is 1.57.